The molecule has 0 radical (unpaired) electrons. The maximum Gasteiger partial charge on any atom is 0.0702 e. The fourth-order valence-corrected chi connectivity index (χ4v) is 3.12. The Bertz CT molecular complexity index is 554. The average molecular weight is 321 g/mol. The highest BCUT2D eigenvalue weighted by molar-refractivity contribution is 9.11. The molecule has 0 amide bonds. The predicted octanol–water partition coefficient (Wildman–Crippen LogP) is 4.75. The molecular weight excluding hydrogens is 308 g/mol. The second-order valence-electron chi connectivity index (χ2n) is 4.04. The fourth-order valence-electron chi connectivity index (χ4n) is 1.69. The molecule has 0 spiro atoms. The molecule has 2 aromatic rings. The van der Waals surface area contributed by atoms with Crippen LogP contribution in [0.4, 0.5) is 5.69 Å². The van der Waals surface area contributed by atoms with Crippen LogP contribution in [0.2, 0.25) is 0 Å². The zero-order chi connectivity index (χ0) is 13.0. The molecule has 1 unspecified atom stereocenters. The molecule has 2 rings (SSSR count). The van der Waals surface area contributed by atoms with E-state index in [1.54, 1.807) is 11.3 Å². The van der Waals surface area contributed by atoms with Crippen LogP contribution in [0, 0.1) is 11.3 Å². The number of nitrogens with zero attached hydrogens (tertiary/aromatic N) is 1. The van der Waals surface area contributed by atoms with Crippen LogP contribution in [0.1, 0.15) is 23.4 Å². The van der Waals surface area contributed by atoms with E-state index in [4.69, 9.17) is 5.26 Å². The van der Waals surface area contributed by atoms with Crippen LogP contribution < -0.4 is 5.32 Å². The highest BCUT2D eigenvalue weighted by Gasteiger charge is 2.07. The van der Waals surface area contributed by atoms with Crippen LogP contribution in [0.15, 0.2) is 40.2 Å². The average Bonchev–Trinajstić information content (AvgIpc) is 2.79. The minimum atomic E-state index is 0.281. The molecule has 0 aliphatic carbocycles. The van der Waals surface area contributed by atoms with Gasteiger partial charge in [0.15, 0.2) is 0 Å². The SMILES string of the molecule is CC(Nc1ccc(CC#N)cc1)c1ccc(Br)s1. The summed E-state index contributed by atoms with van der Waals surface area (Å²) in [6.07, 6.45) is 0.466. The van der Waals surface area contributed by atoms with Crippen molar-refractivity contribution in [1.29, 1.82) is 5.26 Å². The Balaban J connectivity index is 2.03. The van der Waals surface area contributed by atoms with Gasteiger partial charge in [-0.05, 0) is 52.7 Å². The summed E-state index contributed by atoms with van der Waals surface area (Å²) in [7, 11) is 0. The summed E-state index contributed by atoms with van der Waals surface area (Å²) in [6.45, 7) is 2.14. The highest BCUT2D eigenvalue weighted by atomic mass is 79.9. The Morgan fingerprint density at radius 1 is 1.28 bits per heavy atom. The number of nitriles is 1. The van der Waals surface area contributed by atoms with Gasteiger partial charge in [-0.1, -0.05) is 12.1 Å². The highest BCUT2D eigenvalue weighted by Crippen LogP contribution is 2.29. The third-order valence-corrected chi connectivity index (χ3v) is 4.45. The lowest BCUT2D eigenvalue weighted by atomic mass is 10.1. The van der Waals surface area contributed by atoms with Gasteiger partial charge in [-0.3, -0.25) is 0 Å². The van der Waals surface area contributed by atoms with Gasteiger partial charge in [0.05, 0.1) is 22.3 Å². The first-order valence-electron chi connectivity index (χ1n) is 5.66. The van der Waals surface area contributed by atoms with E-state index in [0.29, 0.717) is 6.42 Å². The number of thiophene rings is 1. The van der Waals surface area contributed by atoms with E-state index in [2.05, 4.69) is 46.4 Å². The minimum Gasteiger partial charge on any atom is -0.378 e. The standard InChI is InChI=1S/C14H13BrN2S/c1-10(13-6-7-14(15)18-13)17-12-4-2-11(3-5-12)8-9-16/h2-7,10,17H,8H2,1H3. The van der Waals surface area contributed by atoms with Crippen LogP contribution >= 0.6 is 27.3 Å². The molecule has 1 atom stereocenters. The normalized spacial score (nSPS) is 11.8. The largest absolute Gasteiger partial charge is 0.378 e. The van der Waals surface area contributed by atoms with E-state index >= 15 is 0 Å². The monoisotopic (exact) mass is 320 g/mol. The van der Waals surface area contributed by atoms with Crippen molar-refractivity contribution in [2.45, 2.75) is 19.4 Å². The lowest BCUT2D eigenvalue weighted by Gasteiger charge is -2.13. The van der Waals surface area contributed by atoms with Gasteiger partial charge in [-0.15, -0.1) is 11.3 Å². The molecule has 1 aromatic carbocycles. The number of nitrogens with one attached hydrogen (secondary N) is 1. The molecule has 18 heavy (non-hydrogen) atoms. The molecule has 0 fully saturated rings. The van der Waals surface area contributed by atoms with Crippen molar-refractivity contribution in [3.8, 4) is 6.07 Å². The molecule has 0 aliphatic heterocycles. The molecule has 92 valence electrons. The summed E-state index contributed by atoms with van der Waals surface area (Å²) >= 11 is 5.21. The molecule has 0 saturated carbocycles. The van der Waals surface area contributed by atoms with E-state index in [1.807, 2.05) is 24.3 Å². The van der Waals surface area contributed by atoms with Gasteiger partial charge in [-0.2, -0.15) is 5.26 Å². The second-order valence-corrected chi connectivity index (χ2v) is 6.53. The van der Waals surface area contributed by atoms with Gasteiger partial charge in [0, 0.05) is 10.6 Å². The number of anilines is 1. The van der Waals surface area contributed by atoms with Crippen LogP contribution in [0.3, 0.4) is 0 Å². The number of halogens is 1. The van der Waals surface area contributed by atoms with E-state index in [9.17, 15) is 0 Å². The lowest BCUT2D eigenvalue weighted by molar-refractivity contribution is 0.908. The fraction of sp³-hybridized carbons (Fsp3) is 0.214. The summed E-state index contributed by atoms with van der Waals surface area (Å²) in [5.74, 6) is 0. The number of benzene rings is 1. The second kappa shape index (κ2) is 6.03. The molecule has 0 aliphatic rings. The van der Waals surface area contributed by atoms with Crippen molar-refractivity contribution in [3.63, 3.8) is 0 Å². The summed E-state index contributed by atoms with van der Waals surface area (Å²) in [5.41, 5.74) is 2.13. The molecular formula is C14H13BrN2S. The smallest absolute Gasteiger partial charge is 0.0702 e. The van der Waals surface area contributed by atoms with Crippen LogP contribution in [0.5, 0.6) is 0 Å². The van der Waals surface area contributed by atoms with Gasteiger partial charge in [0.1, 0.15) is 0 Å². The minimum absolute atomic E-state index is 0.281. The van der Waals surface area contributed by atoms with Gasteiger partial charge in [0.2, 0.25) is 0 Å². The summed E-state index contributed by atoms with van der Waals surface area (Å²) < 4.78 is 1.15. The summed E-state index contributed by atoms with van der Waals surface area (Å²) in [5, 5.41) is 12.1. The van der Waals surface area contributed by atoms with Crippen molar-refractivity contribution in [2.24, 2.45) is 0 Å². The molecule has 0 saturated heterocycles. The van der Waals surface area contributed by atoms with Gasteiger partial charge < -0.3 is 5.32 Å². The zero-order valence-corrected chi connectivity index (χ0v) is 12.4. The van der Waals surface area contributed by atoms with Gasteiger partial charge in [-0.25, -0.2) is 0 Å². The zero-order valence-electron chi connectivity index (χ0n) is 9.98. The van der Waals surface area contributed by atoms with Crippen molar-refractivity contribution in [1.82, 2.24) is 0 Å². The van der Waals surface area contributed by atoms with Crippen molar-refractivity contribution in [2.75, 3.05) is 5.32 Å². The van der Waals surface area contributed by atoms with Crippen LogP contribution in [-0.2, 0) is 6.42 Å². The molecule has 2 nitrogen and oxygen atoms in total. The first-order valence-corrected chi connectivity index (χ1v) is 7.27. The Kier molecular flexibility index (Phi) is 4.40. The summed E-state index contributed by atoms with van der Waals surface area (Å²) in [4.78, 5) is 1.29. The number of hydrogen-bond donors (Lipinski definition) is 1. The van der Waals surface area contributed by atoms with E-state index < -0.39 is 0 Å². The first-order chi connectivity index (χ1) is 8.69. The third kappa shape index (κ3) is 3.34. The van der Waals surface area contributed by atoms with Gasteiger partial charge >= 0.3 is 0 Å². The number of hydrogen-bond acceptors (Lipinski definition) is 3. The third-order valence-electron chi connectivity index (χ3n) is 2.64. The molecule has 1 aromatic heterocycles. The van der Waals surface area contributed by atoms with E-state index in [-0.39, 0.29) is 6.04 Å². The number of rotatable bonds is 4. The molecule has 4 heteroatoms. The topological polar surface area (TPSA) is 35.8 Å². The maximum atomic E-state index is 8.62. The quantitative estimate of drug-likeness (QED) is 0.882. The van der Waals surface area contributed by atoms with Crippen molar-refractivity contribution >= 4 is 33.0 Å². The Labute approximate surface area is 119 Å². The van der Waals surface area contributed by atoms with Crippen molar-refractivity contribution in [3.05, 3.63) is 50.6 Å². The molecule has 1 N–H and O–H groups in total. The van der Waals surface area contributed by atoms with Crippen LogP contribution in [-0.4, -0.2) is 0 Å². The van der Waals surface area contributed by atoms with E-state index in [0.717, 1.165) is 15.0 Å². The lowest BCUT2D eigenvalue weighted by Crippen LogP contribution is -2.04. The van der Waals surface area contributed by atoms with Crippen LogP contribution in [0.25, 0.3) is 0 Å². The van der Waals surface area contributed by atoms with Crippen molar-refractivity contribution < 1.29 is 0 Å². The first kappa shape index (κ1) is 13.1. The molecule has 0 bridgehead atoms. The Hall–Kier alpha value is -1.31. The molecule has 1 heterocycles. The maximum absolute atomic E-state index is 8.62. The Morgan fingerprint density at radius 3 is 2.56 bits per heavy atom. The van der Waals surface area contributed by atoms with E-state index in [1.165, 1.54) is 4.88 Å². The predicted molar refractivity (Wildman–Crippen MR) is 79.8 cm³/mol. The Morgan fingerprint density at radius 2 is 2.00 bits per heavy atom. The summed E-state index contributed by atoms with van der Waals surface area (Å²) in [6, 6.07) is 14.6. The van der Waals surface area contributed by atoms with Gasteiger partial charge in [0.25, 0.3) is 0 Å².